The number of rotatable bonds is 5. The van der Waals surface area contributed by atoms with E-state index >= 15 is 0 Å². The van der Waals surface area contributed by atoms with E-state index in [0.717, 1.165) is 6.42 Å². The van der Waals surface area contributed by atoms with Crippen LogP contribution in [0.4, 0.5) is 0 Å². The first kappa shape index (κ1) is 10.9. The molecule has 0 spiro atoms. The number of hydrogen-bond acceptors (Lipinski definition) is 2. The molecule has 0 atom stereocenters. The van der Waals surface area contributed by atoms with Gasteiger partial charge in [0.05, 0.1) is 0 Å². The van der Waals surface area contributed by atoms with E-state index in [1.165, 1.54) is 17.8 Å². The highest BCUT2D eigenvalue weighted by atomic mass is 127. The maximum absolute atomic E-state index is 10.3. The van der Waals surface area contributed by atoms with Crippen molar-refractivity contribution in [2.75, 3.05) is 11.0 Å². The van der Waals surface area contributed by atoms with Gasteiger partial charge >= 0.3 is 5.97 Å². The fraction of sp³-hybridized carbons (Fsp3) is 0.625. The summed E-state index contributed by atoms with van der Waals surface area (Å²) in [6.45, 7) is 1.83. The molecule has 0 rings (SSSR count). The average Bonchev–Trinajstić information content (AvgIpc) is 1.96. The summed E-state index contributed by atoms with van der Waals surface area (Å²) in [5.74, 6) is -0.219. The number of carbonyl (C=O) groups excluding carboxylic acids is 1. The molecule has 0 saturated carbocycles. The van der Waals surface area contributed by atoms with Crippen molar-refractivity contribution in [2.45, 2.75) is 19.8 Å². The van der Waals surface area contributed by atoms with Crippen LogP contribution in [0.25, 0.3) is 0 Å². The summed E-state index contributed by atoms with van der Waals surface area (Å²) >= 11 is 2.34. The molecule has 0 unspecified atom stereocenters. The molecule has 2 nitrogen and oxygen atoms in total. The fourth-order valence-corrected chi connectivity index (χ4v) is 0.987. The topological polar surface area (TPSA) is 26.3 Å². The lowest BCUT2D eigenvalue weighted by Gasteiger charge is -1.93. The van der Waals surface area contributed by atoms with E-state index in [2.05, 4.69) is 22.6 Å². The van der Waals surface area contributed by atoms with Crippen molar-refractivity contribution < 1.29 is 9.53 Å². The molecule has 0 heterocycles. The zero-order valence-electron chi connectivity index (χ0n) is 6.68. The normalized spacial score (nSPS) is 10.4. The van der Waals surface area contributed by atoms with Crippen LogP contribution in [0.15, 0.2) is 12.2 Å². The lowest BCUT2D eigenvalue weighted by molar-refractivity contribution is -0.139. The average molecular weight is 268 g/mol. The maximum Gasteiger partial charge on any atom is 0.302 e. The van der Waals surface area contributed by atoms with Crippen LogP contribution in [0, 0.1) is 0 Å². The third-order valence-corrected chi connectivity index (χ3v) is 1.82. The number of ether oxygens (including phenoxy) is 1. The summed E-state index contributed by atoms with van der Waals surface area (Å²) in [7, 11) is 0. The first-order valence-electron chi connectivity index (χ1n) is 3.61. The second kappa shape index (κ2) is 8.04. The molecule has 0 amide bonds. The molecule has 0 aliphatic rings. The van der Waals surface area contributed by atoms with Crippen LogP contribution in [0.2, 0.25) is 0 Å². The Kier molecular flexibility index (Phi) is 8.00. The Labute approximate surface area is 81.1 Å². The van der Waals surface area contributed by atoms with Gasteiger partial charge in [-0.05, 0) is 17.3 Å². The van der Waals surface area contributed by atoms with Gasteiger partial charge < -0.3 is 4.74 Å². The van der Waals surface area contributed by atoms with E-state index in [-0.39, 0.29) is 5.97 Å². The van der Waals surface area contributed by atoms with Gasteiger partial charge in [-0.1, -0.05) is 34.7 Å². The Morgan fingerprint density at radius 3 is 2.82 bits per heavy atom. The van der Waals surface area contributed by atoms with Crippen molar-refractivity contribution in [3.8, 4) is 0 Å². The van der Waals surface area contributed by atoms with E-state index in [9.17, 15) is 4.79 Å². The van der Waals surface area contributed by atoms with Crippen LogP contribution in [0.5, 0.6) is 0 Å². The van der Waals surface area contributed by atoms with Crippen LogP contribution in [-0.2, 0) is 9.53 Å². The number of halogens is 1. The predicted octanol–water partition coefficient (Wildman–Crippen LogP) is 2.32. The second-order valence-corrected chi connectivity index (χ2v) is 3.18. The first-order chi connectivity index (χ1) is 5.27. The van der Waals surface area contributed by atoms with Gasteiger partial charge in [-0.3, -0.25) is 4.79 Å². The van der Waals surface area contributed by atoms with Crippen molar-refractivity contribution in [1.29, 1.82) is 0 Å². The number of hydrogen-bond donors (Lipinski definition) is 0. The van der Waals surface area contributed by atoms with Gasteiger partial charge in [-0.25, -0.2) is 0 Å². The summed E-state index contributed by atoms with van der Waals surface area (Å²) < 4.78 is 5.87. The molecule has 64 valence electrons. The van der Waals surface area contributed by atoms with E-state index in [4.69, 9.17) is 4.74 Å². The Morgan fingerprint density at radius 1 is 1.55 bits per heavy atom. The highest BCUT2D eigenvalue weighted by Crippen LogP contribution is 1.95. The molecule has 0 aliphatic carbocycles. The summed E-state index contributed by atoms with van der Waals surface area (Å²) in [4.78, 5) is 10.3. The summed E-state index contributed by atoms with van der Waals surface area (Å²) in [5, 5.41) is 0. The molecule has 11 heavy (non-hydrogen) atoms. The fourth-order valence-electron chi connectivity index (χ4n) is 0.546. The Bertz CT molecular complexity index is 132. The Hall–Kier alpha value is -0.0600. The Balaban J connectivity index is 3.10. The van der Waals surface area contributed by atoms with Crippen LogP contribution < -0.4 is 0 Å². The number of alkyl halides is 1. The van der Waals surface area contributed by atoms with Gasteiger partial charge in [0.15, 0.2) is 0 Å². The summed E-state index contributed by atoms with van der Waals surface area (Å²) in [5.41, 5.74) is 0. The number of carbonyl (C=O) groups is 1. The monoisotopic (exact) mass is 268 g/mol. The minimum absolute atomic E-state index is 0.219. The lowest BCUT2D eigenvalue weighted by Crippen LogP contribution is -1.97. The molecular formula is C8H13IO2. The SMILES string of the molecule is CC(=O)OC/C=C/CCCI. The van der Waals surface area contributed by atoms with Crippen molar-refractivity contribution in [3.63, 3.8) is 0 Å². The minimum Gasteiger partial charge on any atom is -0.462 e. The first-order valence-corrected chi connectivity index (χ1v) is 5.14. The molecule has 0 radical (unpaired) electrons. The zero-order valence-corrected chi connectivity index (χ0v) is 8.84. The summed E-state index contributed by atoms with van der Waals surface area (Å²) in [6.07, 6.45) is 6.19. The highest BCUT2D eigenvalue weighted by Gasteiger charge is 1.86. The minimum atomic E-state index is -0.219. The van der Waals surface area contributed by atoms with Crippen molar-refractivity contribution in [1.82, 2.24) is 0 Å². The van der Waals surface area contributed by atoms with Gasteiger partial charge in [0.1, 0.15) is 6.61 Å². The van der Waals surface area contributed by atoms with Gasteiger partial charge in [0, 0.05) is 6.92 Å². The van der Waals surface area contributed by atoms with Crippen LogP contribution in [0.3, 0.4) is 0 Å². The van der Waals surface area contributed by atoms with Gasteiger partial charge in [-0.2, -0.15) is 0 Å². The molecule has 0 aromatic rings. The molecule has 0 aliphatic heterocycles. The molecule has 0 aromatic heterocycles. The smallest absolute Gasteiger partial charge is 0.302 e. The number of allylic oxidation sites excluding steroid dienone is 1. The van der Waals surface area contributed by atoms with Crippen LogP contribution in [0.1, 0.15) is 19.8 Å². The molecule has 0 bridgehead atoms. The van der Waals surface area contributed by atoms with Gasteiger partial charge in [0.25, 0.3) is 0 Å². The highest BCUT2D eigenvalue weighted by molar-refractivity contribution is 14.1. The molecule has 0 N–H and O–H groups in total. The quantitative estimate of drug-likeness (QED) is 0.251. The molecule has 3 heteroatoms. The van der Waals surface area contributed by atoms with Gasteiger partial charge in [0.2, 0.25) is 0 Å². The maximum atomic E-state index is 10.3. The molecule has 0 fully saturated rings. The second-order valence-electron chi connectivity index (χ2n) is 2.11. The molecule has 0 saturated heterocycles. The largest absolute Gasteiger partial charge is 0.462 e. The van der Waals surface area contributed by atoms with Crippen LogP contribution in [-0.4, -0.2) is 17.0 Å². The van der Waals surface area contributed by atoms with Crippen molar-refractivity contribution >= 4 is 28.6 Å². The van der Waals surface area contributed by atoms with Crippen LogP contribution >= 0.6 is 22.6 Å². The van der Waals surface area contributed by atoms with Gasteiger partial charge in [-0.15, -0.1) is 0 Å². The number of esters is 1. The predicted molar refractivity (Wildman–Crippen MR) is 53.9 cm³/mol. The third-order valence-electron chi connectivity index (χ3n) is 1.05. The lowest BCUT2D eigenvalue weighted by atomic mass is 10.3. The zero-order chi connectivity index (χ0) is 8.53. The molecular weight excluding hydrogens is 255 g/mol. The van der Waals surface area contributed by atoms with E-state index in [1.807, 2.05) is 12.2 Å². The summed E-state index contributed by atoms with van der Waals surface area (Å²) in [6, 6.07) is 0. The Morgan fingerprint density at radius 2 is 2.27 bits per heavy atom. The van der Waals surface area contributed by atoms with E-state index in [1.54, 1.807) is 0 Å². The standard InChI is InChI=1S/C8H13IO2/c1-8(10)11-7-5-3-2-4-6-9/h3,5H,2,4,6-7H2,1H3/b5-3+. The van der Waals surface area contributed by atoms with E-state index < -0.39 is 0 Å². The van der Waals surface area contributed by atoms with Crippen molar-refractivity contribution in [3.05, 3.63) is 12.2 Å². The number of unbranched alkanes of at least 4 members (excludes halogenated alkanes) is 1. The molecule has 0 aromatic carbocycles. The third kappa shape index (κ3) is 9.94. The van der Waals surface area contributed by atoms with Crippen molar-refractivity contribution in [2.24, 2.45) is 0 Å². The van der Waals surface area contributed by atoms with E-state index in [0.29, 0.717) is 6.61 Å².